The molecule has 3 nitrogen and oxygen atoms in total. The second-order valence-corrected chi connectivity index (χ2v) is 3.11. The summed E-state index contributed by atoms with van der Waals surface area (Å²) in [7, 11) is 0. The first-order valence-electron chi connectivity index (χ1n) is 5.29. The molecule has 0 aliphatic carbocycles. The Balaban J connectivity index is 0.000000325. The molecule has 0 spiro atoms. The van der Waals surface area contributed by atoms with Crippen LogP contribution >= 0.6 is 0 Å². The zero-order valence-electron chi connectivity index (χ0n) is 9.68. The van der Waals surface area contributed by atoms with Crippen molar-refractivity contribution >= 4 is 5.97 Å². The maximum atomic E-state index is 10.3. The van der Waals surface area contributed by atoms with Crippen LogP contribution in [0.5, 0.6) is 5.75 Å². The zero-order chi connectivity index (χ0) is 12.4. The van der Waals surface area contributed by atoms with Gasteiger partial charge in [0.2, 0.25) is 0 Å². The topological polar surface area (TPSA) is 57.5 Å². The molecule has 0 aromatic heterocycles. The number of para-hydroxylation sites is 1. The summed E-state index contributed by atoms with van der Waals surface area (Å²) >= 11 is 0. The van der Waals surface area contributed by atoms with Crippen molar-refractivity contribution < 1.29 is 15.0 Å². The van der Waals surface area contributed by atoms with E-state index in [0.29, 0.717) is 0 Å². The lowest BCUT2D eigenvalue weighted by Crippen LogP contribution is -1.95. The van der Waals surface area contributed by atoms with E-state index in [0.717, 1.165) is 0 Å². The molecule has 0 saturated heterocycles. The number of hydrogen-bond donors (Lipinski definition) is 2. The molecule has 0 radical (unpaired) electrons. The Morgan fingerprint density at radius 3 is 2.00 bits per heavy atom. The maximum absolute atomic E-state index is 10.3. The second kappa shape index (κ2) is 8.53. The average molecular weight is 222 g/mol. The van der Waals surface area contributed by atoms with Gasteiger partial charge in [0.25, 0.3) is 0 Å². The van der Waals surface area contributed by atoms with Gasteiger partial charge in [-0.05, 0) is 25.0 Å². The Morgan fingerprint density at radius 2 is 1.69 bits per heavy atom. The molecule has 1 aromatic rings. The molecule has 0 fully saturated rings. The van der Waals surface area contributed by atoms with Gasteiger partial charge in [-0.15, -0.1) is 0 Å². The van der Waals surface area contributed by atoms with Crippen LogP contribution in [-0.2, 0) is 0 Å². The SMILES string of the molecule is CC/C=C\CC.O=C(O)c1ccccc1O. The third kappa shape index (κ3) is 5.86. The molecule has 1 rings (SSSR count). The Bertz CT molecular complexity index is 337. The van der Waals surface area contributed by atoms with Crippen LogP contribution in [0.2, 0.25) is 0 Å². The van der Waals surface area contributed by atoms with Crippen molar-refractivity contribution in [1.29, 1.82) is 0 Å². The van der Waals surface area contributed by atoms with Gasteiger partial charge in [-0.2, -0.15) is 0 Å². The van der Waals surface area contributed by atoms with E-state index in [1.165, 1.54) is 25.0 Å². The van der Waals surface area contributed by atoms with Gasteiger partial charge in [-0.3, -0.25) is 0 Å². The molecule has 2 N–H and O–H groups in total. The van der Waals surface area contributed by atoms with E-state index >= 15 is 0 Å². The van der Waals surface area contributed by atoms with Crippen molar-refractivity contribution in [3.63, 3.8) is 0 Å². The summed E-state index contributed by atoms with van der Waals surface area (Å²) in [5.41, 5.74) is -0.0671. The second-order valence-electron chi connectivity index (χ2n) is 3.11. The molecule has 0 unspecified atom stereocenters. The fourth-order valence-electron chi connectivity index (χ4n) is 0.988. The van der Waals surface area contributed by atoms with Crippen molar-refractivity contribution in [3.8, 4) is 5.75 Å². The van der Waals surface area contributed by atoms with Crippen LogP contribution in [0.1, 0.15) is 37.0 Å². The van der Waals surface area contributed by atoms with Gasteiger partial charge in [0.1, 0.15) is 11.3 Å². The molecule has 0 aliphatic heterocycles. The third-order valence-electron chi connectivity index (χ3n) is 1.77. The average Bonchev–Trinajstić information content (AvgIpc) is 2.27. The first kappa shape index (κ1) is 14.2. The number of hydrogen-bond acceptors (Lipinski definition) is 2. The minimum absolute atomic E-state index is 0.0671. The predicted octanol–water partition coefficient (Wildman–Crippen LogP) is 3.45. The first-order chi connectivity index (χ1) is 7.63. The summed E-state index contributed by atoms with van der Waals surface area (Å²) in [5, 5.41) is 17.3. The number of rotatable bonds is 3. The zero-order valence-corrected chi connectivity index (χ0v) is 9.68. The van der Waals surface area contributed by atoms with Crippen LogP contribution in [0.25, 0.3) is 0 Å². The van der Waals surface area contributed by atoms with Gasteiger partial charge in [0, 0.05) is 0 Å². The van der Waals surface area contributed by atoms with Crippen LogP contribution in [0.3, 0.4) is 0 Å². The van der Waals surface area contributed by atoms with Crippen molar-refractivity contribution in [2.75, 3.05) is 0 Å². The highest BCUT2D eigenvalue weighted by Gasteiger charge is 2.05. The highest BCUT2D eigenvalue weighted by atomic mass is 16.4. The minimum Gasteiger partial charge on any atom is -0.507 e. The largest absolute Gasteiger partial charge is 0.507 e. The number of aromatic carboxylic acids is 1. The fourth-order valence-corrected chi connectivity index (χ4v) is 0.988. The van der Waals surface area contributed by atoms with E-state index in [1.54, 1.807) is 12.1 Å². The van der Waals surface area contributed by atoms with E-state index < -0.39 is 5.97 Å². The van der Waals surface area contributed by atoms with Crippen molar-refractivity contribution in [2.45, 2.75) is 26.7 Å². The van der Waals surface area contributed by atoms with E-state index in [-0.39, 0.29) is 11.3 Å². The van der Waals surface area contributed by atoms with Gasteiger partial charge >= 0.3 is 5.97 Å². The van der Waals surface area contributed by atoms with E-state index in [9.17, 15) is 4.79 Å². The Hall–Kier alpha value is -1.77. The van der Waals surface area contributed by atoms with Gasteiger partial charge in [-0.1, -0.05) is 38.1 Å². The minimum atomic E-state index is -1.11. The number of carboxylic acids is 1. The summed E-state index contributed by atoms with van der Waals surface area (Å²) in [6.07, 6.45) is 6.71. The highest BCUT2D eigenvalue weighted by Crippen LogP contribution is 2.14. The molecule has 0 bridgehead atoms. The van der Waals surface area contributed by atoms with Crippen LogP contribution in [-0.4, -0.2) is 16.2 Å². The summed E-state index contributed by atoms with van der Waals surface area (Å²) in [4.78, 5) is 10.3. The summed E-state index contributed by atoms with van der Waals surface area (Å²) in [6, 6.07) is 5.81. The summed E-state index contributed by atoms with van der Waals surface area (Å²) < 4.78 is 0. The summed E-state index contributed by atoms with van der Waals surface area (Å²) in [5.74, 6) is -1.31. The third-order valence-corrected chi connectivity index (χ3v) is 1.77. The molecule has 3 heteroatoms. The van der Waals surface area contributed by atoms with Gasteiger partial charge in [0.05, 0.1) is 0 Å². The molecular formula is C13H18O3. The molecule has 0 atom stereocenters. The number of carbonyl (C=O) groups is 1. The number of benzene rings is 1. The van der Waals surface area contributed by atoms with Gasteiger partial charge < -0.3 is 10.2 Å². The summed E-state index contributed by atoms with van der Waals surface area (Å²) in [6.45, 7) is 4.29. The van der Waals surface area contributed by atoms with Crippen LogP contribution < -0.4 is 0 Å². The van der Waals surface area contributed by atoms with Gasteiger partial charge in [0.15, 0.2) is 0 Å². The lowest BCUT2D eigenvalue weighted by molar-refractivity contribution is 0.0694. The lowest BCUT2D eigenvalue weighted by atomic mass is 10.2. The van der Waals surface area contributed by atoms with Crippen molar-refractivity contribution in [1.82, 2.24) is 0 Å². The normalized spacial score (nSPS) is 9.62. The van der Waals surface area contributed by atoms with Crippen LogP contribution in [0.4, 0.5) is 0 Å². The number of aromatic hydroxyl groups is 1. The number of allylic oxidation sites excluding steroid dienone is 2. The highest BCUT2D eigenvalue weighted by molar-refractivity contribution is 5.90. The molecule has 0 saturated carbocycles. The Morgan fingerprint density at radius 1 is 1.19 bits per heavy atom. The standard InChI is InChI=1S/C7H6O3.C6H12/c8-6-4-2-1-3-5(6)7(9)10;1-3-5-6-4-2/h1-4,8H,(H,9,10);5-6H,3-4H2,1-2H3/b;6-5-. The molecular weight excluding hydrogens is 204 g/mol. The molecule has 88 valence electrons. The van der Waals surface area contributed by atoms with Crippen molar-refractivity contribution in [3.05, 3.63) is 42.0 Å². The van der Waals surface area contributed by atoms with E-state index in [1.807, 2.05) is 0 Å². The Kier molecular flexibility index (Phi) is 7.59. The van der Waals surface area contributed by atoms with Gasteiger partial charge in [-0.25, -0.2) is 4.79 Å². The quantitative estimate of drug-likeness (QED) is 0.770. The molecule has 16 heavy (non-hydrogen) atoms. The Labute approximate surface area is 96.1 Å². The van der Waals surface area contributed by atoms with E-state index in [4.69, 9.17) is 10.2 Å². The molecule has 0 heterocycles. The van der Waals surface area contributed by atoms with Crippen LogP contribution in [0, 0.1) is 0 Å². The number of phenols is 1. The van der Waals surface area contributed by atoms with Crippen molar-refractivity contribution in [2.24, 2.45) is 0 Å². The monoisotopic (exact) mass is 222 g/mol. The van der Waals surface area contributed by atoms with E-state index in [2.05, 4.69) is 26.0 Å². The molecule has 1 aromatic carbocycles. The van der Waals surface area contributed by atoms with Crippen LogP contribution in [0.15, 0.2) is 36.4 Å². The lowest BCUT2D eigenvalue weighted by Gasteiger charge is -1.95. The predicted molar refractivity (Wildman–Crippen MR) is 64.8 cm³/mol. The molecule has 0 amide bonds. The smallest absolute Gasteiger partial charge is 0.339 e. The number of carboxylic acid groups (broad SMARTS) is 1. The fraction of sp³-hybridized carbons (Fsp3) is 0.308. The molecule has 0 aliphatic rings. The first-order valence-corrected chi connectivity index (χ1v) is 5.29. The maximum Gasteiger partial charge on any atom is 0.339 e.